The fraction of sp³-hybridized carbons (Fsp3) is 0.286. The third-order valence-corrected chi connectivity index (χ3v) is 4.28. The zero-order valence-electron chi connectivity index (χ0n) is 10.2. The number of amides is 1. The lowest BCUT2D eigenvalue weighted by Crippen LogP contribution is -2.37. The van der Waals surface area contributed by atoms with Crippen LogP contribution in [0.4, 0.5) is 0 Å². The van der Waals surface area contributed by atoms with E-state index in [1.165, 1.54) is 22.7 Å². The molecular formula is C14H14N2OS. The van der Waals surface area contributed by atoms with Crippen molar-refractivity contribution >= 4 is 17.4 Å². The van der Waals surface area contributed by atoms with Crippen molar-refractivity contribution in [3.63, 3.8) is 0 Å². The number of aromatic nitrogens is 1. The second-order valence-electron chi connectivity index (χ2n) is 4.62. The van der Waals surface area contributed by atoms with Gasteiger partial charge >= 0.3 is 0 Å². The highest BCUT2D eigenvalue weighted by Crippen LogP contribution is 2.25. The van der Waals surface area contributed by atoms with Crippen LogP contribution in [0.1, 0.15) is 20.8 Å². The van der Waals surface area contributed by atoms with Crippen LogP contribution in [0.5, 0.6) is 0 Å². The van der Waals surface area contributed by atoms with Gasteiger partial charge in [-0.2, -0.15) is 0 Å². The normalized spacial score (nSPS) is 14.5. The Bertz CT molecular complexity index is 540. The molecule has 3 nitrogen and oxygen atoms in total. The van der Waals surface area contributed by atoms with E-state index in [2.05, 4.69) is 28.6 Å². The molecule has 0 N–H and O–H groups in total. The van der Waals surface area contributed by atoms with Crippen molar-refractivity contribution in [3.05, 3.63) is 52.5 Å². The Labute approximate surface area is 110 Å². The van der Waals surface area contributed by atoms with Crippen LogP contribution < -0.4 is 0 Å². The Kier molecular flexibility index (Phi) is 2.88. The molecule has 92 valence electrons. The molecule has 2 aromatic rings. The quantitative estimate of drug-likeness (QED) is 0.828. The van der Waals surface area contributed by atoms with Gasteiger partial charge in [-0.05, 0) is 41.6 Å². The molecule has 0 fully saturated rings. The zero-order chi connectivity index (χ0) is 12.5. The highest BCUT2D eigenvalue weighted by atomic mass is 32.1. The van der Waals surface area contributed by atoms with E-state index in [0.29, 0.717) is 4.88 Å². The maximum atomic E-state index is 12.2. The van der Waals surface area contributed by atoms with Gasteiger partial charge in [0.05, 0.1) is 0 Å². The number of likely N-dealkylation sites (N-methyl/N-ethyl adjacent to an activating group) is 1. The van der Waals surface area contributed by atoms with Crippen LogP contribution >= 0.6 is 11.5 Å². The van der Waals surface area contributed by atoms with E-state index in [1.54, 1.807) is 12.3 Å². The summed E-state index contributed by atoms with van der Waals surface area (Å²) in [7, 11) is 1.89. The second kappa shape index (κ2) is 4.53. The molecule has 0 saturated heterocycles. The molecule has 0 bridgehead atoms. The Morgan fingerprint density at radius 1 is 1.28 bits per heavy atom. The first-order valence-corrected chi connectivity index (χ1v) is 6.77. The van der Waals surface area contributed by atoms with E-state index in [1.807, 2.05) is 11.9 Å². The molecule has 1 aliphatic rings. The molecule has 0 aliphatic heterocycles. The summed E-state index contributed by atoms with van der Waals surface area (Å²) in [6.45, 7) is 0. The highest BCUT2D eigenvalue weighted by Gasteiger charge is 2.28. The first kappa shape index (κ1) is 11.4. The van der Waals surface area contributed by atoms with Gasteiger partial charge in [-0.1, -0.05) is 24.3 Å². The molecule has 0 unspecified atom stereocenters. The van der Waals surface area contributed by atoms with E-state index in [9.17, 15) is 4.79 Å². The van der Waals surface area contributed by atoms with Crippen LogP contribution in [-0.2, 0) is 12.8 Å². The molecule has 0 radical (unpaired) electrons. The van der Waals surface area contributed by atoms with Crippen molar-refractivity contribution in [2.45, 2.75) is 18.9 Å². The van der Waals surface area contributed by atoms with E-state index >= 15 is 0 Å². The lowest BCUT2D eigenvalue weighted by atomic mass is 10.1. The van der Waals surface area contributed by atoms with E-state index in [0.717, 1.165) is 12.8 Å². The molecule has 1 heterocycles. The SMILES string of the molecule is CN(C(=O)c1ccns1)C1Cc2ccccc2C1. The van der Waals surface area contributed by atoms with Gasteiger partial charge in [-0.3, -0.25) is 4.79 Å². The van der Waals surface area contributed by atoms with E-state index in [-0.39, 0.29) is 11.9 Å². The van der Waals surface area contributed by atoms with Crippen molar-refractivity contribution < 1.29 is 4.79 Å². The molecule has 1 aliphatic carbocycles. The Morgan fingerprint density at radius 3 is 2.50 bits per heavy atom. The molecule has 0 saturated carbocycles. The minimum Gasteiger partial charge on any atom is -0.337 e. The average Bonchev–Trinajstić information content (AvgIpc) is 3.05. The maximum Gasteiger partial charge on any atom is 0.265 e. The van der Waals surface area contributed by atoms with Crippen LogP contribution in [0.25, 0.3) is 0 Å². The minimum atomic E-state index is 0.0790. The van der Waals surface area contributed by atoms with Crippen LogP contribution in [0.2, 0.25) is 0 Å². The summed E-state index contributed by atoms with van der Waals surface area (Å²) in [6.07, 6.45) is 3.59. The smallest absolute Gasteiger partial charge is 0.265 e. The summed E-state index contributed by atoms with van der Waals surface area (Å²) < 4.78 is 3.99. The number of rotatable bonds is 2. The van der Waals surface area contributed by atoms with Crippen molar-refractivity contribution in [2.24, 2.45) is 0 Å². The molecule has 18 heavy (non-hydrogen) atoms. The minimum absolute atomic E-state index is 0.0790. The summed E-state index contributed by atoms with van der Waals surface area (Å²) in [5, 5.41) is 0. The third-order valence-electron chi connectivity index (χ3n) is 3.55. The summed E-state index contributed by atoms with van der Waals surface area (Å²) in [4.78, 5) is 14.8. The summed E-state index contributed by atoms with van der Waals surface area (Å²) in [6, 6.07) is 10.5. The number of hydrogen-bond donors (Lipinski definition) is 0. The van der Waals surface area contributed by atoms with Crippen LogP contribution in [0, 0.1) is 0 Å². The average molecular weight is 258 g/mol. The molecule has 1 aromatic carbocycles. The van der Waals surface area contributed by atoms with Gasteiger partial charge in [0.1, 0.15) is 4.88 Å². The van der Waals surface area contributed by atoms with Crippen molar-refractivity contribution in [3.8, 4) is 0 Å². The molecular weight excluding hydrogens is 244 g/mol. The van der Waals surface area contributed by atoms with Crippen LogP contribution in [0.15, 0.2) is 36.5 Å². The Balaban J connectivity index is 1.76. The van der Waals surface area contributed by atoms with Gasteiger partial charge in [0.15, 0.2) is 0 Å². The van der Waals surface area contributed by atoms with Crippen LogP contribution in [-0.4, -0.2) is 28.3 Å². The van der Waals surface area contributed by atoms with Crippen molar-refractivity contribution in [2.75, 3.05) is 7.05 Å². The van der Waals surface area contributed by atoms with E-state index < -0.39 is 0 Å². The highest BCUT2D eigenvalue weighted by molar-refractivity contribution is 7.08. The van der Waals surface area contributed by atoms with E-state index in [4.69, 9.17) is 0 Å². The first-order chi connectivity index (χ1) is 8.75. The molecule has 0 atom stereocenters. The fourth-order valence-electron chi connectivity index (χ4n) is 2.48. The maximum absolute atomic E-state index is 12.2. The predicted octanol–water partition coefficient (Wildman–Crippen LogP) is 2.38. The van der Waals surface area contributed by atoms with Gasteiger partial charge < -0.3 is 4.90 Å². The predicted molar refractivity (Wildman–Crippen MR) is 71.8 cm³/mol. The molecule has 0 spiro atoms. The molecule has 1 amide bonds. The van der Waals surface area contributed by atoms with Gasteiger partial charge in [0, 0.05) is 19.3 Å². The lowest BCUT2D eigenvalue weighted by molar-refractivity contribution is 0.0742. The first-order valence-electron chi connectivity index (χ1n) is 6.00. The summed E-state index contributed by atoms with van der Waals surface area (Å²) in [5.74, 6) is 0.0790. The largest absolute Gasteiger partial charge is 0.337 e. The molecule has 3 rings (SSSR count). The Hall–Kier alpha value is -1.68. The standard InChI is InChI=1S/C14H14N2OS/c1-16(14(17)13-6-7-15-18-13)12-8-10-4-2-3-5-11(10)9-12/h2-7,12H,8-9H2,1H3. The van der Waals surface area contributed by atoms with Gasteiger partial charge in [0.25, 0.3) is 5.91 Å². The zero-order valence-corrected chi connectivity index (χ0v) is 11.0. The monoisotopic (exact) mass is 258 g/mol. The van der Waals surface area contributed by atoms with Crippen LogP contribution in [0.3, 0.4) is 0 Å². The molecule has 4 heteroatoms. The van der Waals surface area contributed by atoms with Crippen molar-refractivity contribution in [1.82, 2.24) is 9.27 Å². The van der Waals surface area contributed by atoms with Gasteiger partial charge in [0.2, 0.25) is 0 Å². The number of hydrogen-bond acceptors (Lipinski definition) is 3. The number of nitrogens with zero attached hydrogens (tertiary/aromatic N) is 2. The fourth-order valence-corrected chi connectivity index (χ4v) is 3.05. The van der Waals surface area contributed by atoms with Gasteiger partial charge in [-0.25, -0.2) is 4.37 Å². The summed E-state index contributed by atoms with van der Waals surface area (Å²) in [5.41, 5.74) is 2.73. The number of carbonyl (C=O) groups excluding carboxylic acids is 1. The number of benzene rings is 1. The number of fused-ring (bicyclic) bond motifs is 1. The summed E-state index contributed by atoms with van der Waals surface area (Å²) >= 11 is 1.26. The Morgan fingerprint density at radius 2 is 1.94 bits per heavy atom. The third kappa shape index (κ3) is 1.93. The number of carbonyl (C=O) groups is 1. The van der Waals surface area contributed by atoms with Crippen molar-refractivity contribution in [1.29, 1.82) is 0 Å². The second-order valence-corrected chi connectivity index (χ2v) is 5.46. The van der Waals surface area contributed by atoms with Gasteiger partial charge in [-0.15, -0.1) is 0 Å². The topological polar surface area (TPSA) is 33.2 Å². The molecule has 1 aromatic heterocycles. The lowest BCUT2D eigenvalue weighted by Gasteiger charge is -2.23.